The third-order valence-corrected chi connectivity index (χ3v) is 3.28. The highest BCUT2D eigenvalue weighted by Gasteiger charge is 2.26. The lowest BCUT2D eigenvalue weighted by molar-refractivity contribution is -0.386. The van der Waals surface area contributed by atoms with Crippen molar-refractivity contribution in [2.45, 2.75) is 20.4 Å². The minimum Gasteiger partial charge on any atom is -0.434 e. The van der Waals surface area contributed by atoms with Gasteiger partial charge >= 0.3 is 5.69 Å². The topological polar surface area (TPSA) is 70.2 Å². The fourth-order valence-electron chi connectivity index (χ4n) is 1.69. The van der Waals surface area contributed by atoms with Crippen LogP contribution in [0.1, 0.15) is 12.6 Å². The molecule has 6 nitrogen and oxygen atoms in total. The summed E-state index contributed by atoms with van der Waals surface area (Å²) >= 11 is 2.18. The van der Waals surface area contributed by atoms with Gasteiger partial charge in [-0.1, -0.05) is 0 Å². The molecule has 1 aromatic heterocycles. The lowest BCUT2D eigenvalue weighted by Crippen LogP contribution is -2.01. The summed E-state index contributed by atoms with van der Waals surface area (Å²) < 4.78 is 8.18. The fourth-order valence-corrected chi connectivity index (χ4v) is 2.05. The van der Waals surface area contributed by atoms with Gasteiger partial charge in [0.2, 0.25) is 0 Å². The van der Waals surface area contributed by atoms with Crippen molar-refractivity contribution in [2.24, 2.45) is 0 Å². The monoisotopic (exact) mass is 373 g/mol. The molecule has 2 rings (SSSR count). The smallest absolute Gasteiger partial charge is 0.353 e. The molecule has 19 heavy (non-hydrogen) atoms. The maximum Gasteiger partial charge on any atom is 0.353 e. The first kappa shape index (κ1) is 13.8. The van der Waals surface area contributed by atoms with Gasteiger partial charge in [-0.2, -0.15) is 5.10 Å². The predicted octanol–water partition coefficient (Wildman–Crippen LogP) is 3.52. The maximum absolute atomic E-state index is 11.1. The van der Waals surface area contributed by atoms with E-state index >= 15 is 0 Å². The molecule has 100 valence electrons. The highest BCUT2D eigenvalue weighted by atomic mass is 127. The summed E-state index contributed by atoms with van der Waals surface area (Å²) in [4.78, 5) is 10.6. The average molecular weight is 373 g/mol. The quantitative estimate of drug-likeness (QED) is 0.467. The van der Waals surface area contributed by atoms with Crippen LogP contribution in [0.2, 0.25) is 0 Å². The minimum atomic E-state index is -0.462. The Bertz CT molecular complexity index is 607. The third-order valence-electron chi connectivity index (χ3n) is 2.56. The van der Waals surface area contributed by atoms with Crippen LogP contribution in [-0.2, 0) is 6.54 Å². The Morgan fingerprint density at radius 1 is 1.42 bits per heavy atom. The van der Waals surface area contributed by atoms with Crippen molar-refractivity contribution in [3.8, 4) is 11.6 Å². The summed E-state index contributed by atoms with van der Waals surface area (Å²) in [6, 6.07) is 7.30. The number of rotatable bonds is 4. The van der Waals surface area contributed by atoms with Crippen LogP contribution in [0.4, 0.5) is 5.69 Å². The Balaban J connectivity index is 2.43. The van der Waals surface area contributed by atoms with E-state index in [1.165, 1.54) is 4.68 Å². The van der Waals surface area contributed by atoms with Crippen molar-refractivity contribution in [3.63, 3.8) is 0 Å². The second-order valence-electron chi connectivity index (χ2n) is 3.87. The molecule has 0 spiro atoms. The summed E-state index contributed by atoms with van der Waals surface area (Å²) in [6.45, 7) is 3.97. The van der Waals surface area contributed by atoms with E-state index in [2.05, 4.69) is 27.7 Å². The van der Waals surface area contributed by atoms with Gasteiger partial charge in [0.05, 0.1) is 4.92 Å². The Morgan fingerprint density at radius 3 is 2.58 bits per heavy atom. The standard InChI is InChI=1S/C12H12IN3O3/c1-3-15-12(11(16(17)18)8(2)14-15)19-10-6-4-9(13)5-7-10/h4-7H,3H2,1-2H3. The zero-order valence-electron chi connectivity index (χ0n) is 10.5. The summed E-state index contributed by atoms with van der Waals surface area (Å²) in [7, 11) is 0. The number of halogens is 1. The Kier molecular flexibility index (Phi) is 4.03. The van der Waals surface area contributed by atoms with Crippen molar-refractivity contribution >= 4 is 28.3 Å². The first-order valence-electron chi connectivity index (χ1n) is 5.68. The van der Waals surface area contributed by atoms with Crippen LogP contribution in [-0.4, -0.2) is 14.7 Å². The first-order valence-corrected chi connectivity index (χ1v) is 6.76. The van der Waals surface area contributed by atoms with Crippen LogP contribution in [0.5, 0.6) is 11.6 Å². The van der Waals surface area contributed by atoms with Gasteiger partial charge in [-0.3, -0.25) is 10.1 Å². The first-order chi connectivity index (χ1) is 9.02. The molecule has 2 aromatic rings. The van der Waals surface area contributed by atoms with Crippen LogP contribution in [0.15, 0.2) is 24.3 Å². The highest BCUT2D eigenvalue weighted by Crippen LogP contribution is 2.34. The normalized spacial score (nSPS) is 10.5. The largest absolute Gasteiger partial charge is 0.434 e. The molecular weight excluding hydrogens is 361 g/mol. The highest BCUT2D eigenvalue weighted by molar-refractivity contribution is 14.1. The number of aryl methyl sites for hydroxylation is 2. The summed E-state index contributed by atoms with van der Waals surface area (Å²) in [5.74, 6) is 0.726. The van der Waals surface area contributed by atoms with Crippen molar-refractivity contribution in [3.05, 3.63) is 43.6 Å². The van der Waals surface area contributed by atoms with E-state index < -0.39 is 4.92 Å². The van der Waals surface area contributed by atoms with Crippen molar-refractivity contribution in [2.75, 3.05) is 0 Å². The molecule has 0 saturated heterocycles. The molecule has 0 amide bonds. The molecule has 7 heteroatoms. The van der Waals surface area contributed by atoms with Gasteiger partial charge in [0.25, 0.3) is 5.88 Å². The number of hydrogen-bond acceptors (Lipinski definition) is 4. The van der Waals surface area contributed by atoms with E-state index in [4.69, 9.17) is 4.74 Å². The van der Waals surface area contributed by atoms with Gasteiger partial charge in [-0.15, -0.1) is 0 Å². The van der Waals surface area contributed by atoms with Gasteiger partial charge in [0.1, 0.15) is 11.4 Å². The van der Waals surface area contributed by atoms with Crippen molar-refractivity contribution in [1.29, 1.82) is 0 Å². The zero-order chi connectivity index (χ0) is 14.0. The molecule has 0 radical (unpaired) electrons. The van der Waals surface area contributed by atoms with E-state index in [1.807, 2.05) is 19.1 Å². The number of benzene rings is 1. The number of aromatic nitrogens is 2. The average Bonchev–Trinajstić information content (AvgIpc) is 2.68. The number of nitrogens with zero attached hydrogens (tertiary/aromatic N) is 3. The molecule has 0 bridgehead atoms. The van der Waals surface area contributed by atoms with Crippen LogP contribution >= 0.6 is 22.6 Å². The maximum atomic E-state index is 11.1. The number of hydrogen-bond donors (Lipinski definition) is 0. The molecule has 0 saturated carbocycles. The molecule has 0 aliphatic heterocycles. The molecule has 1 aromatic carbocycles. The van der Waals surface area contributed by atoms with Crippen LogP contribution < -0.4 is 4.74 Å². The lowest BCUT2D eigenvalue weighted by Gasteiger charge is -2.06. The van der Waals surface area contributed by atoms with E-state index in [1.54, 1.807) is 19.1 Å². The fraction of sp³-hybridized carbons (Fsp3) is 0.250. The van der Waals surface area contributed by atoms with Crippen LogP contribution in [0.25, 0.3) is 0 Å². The van der Waals surface area contributed by atoms with Gasteiger partial charge < -0.3 is 4.74 Å². The molecule has 0 N–H and O–H groups in total. The van der Waals surface area contributed by atoms with Gasteiger partial charge in [0.15, 0.2) is 0 Å². The number of ether oxygens (including phenoxy) is 1. The van der Waals surface area contributed by atoms with E-state index in [-0.39, 0.29) is 11.6 Å². The van der Waals surface area contributed by atoms with Crippen LogP contribution in [0, 0.1) is 20.6 Å². The Morgan fingerprint density at radius 2 is 2.05 bits per heavy atom. The Labute approximate surface area is 123 Å². The Hall–Kier alpha value is -1.64. The lowest BCUT2D eigenvalue weighted by atomic mass is 10.3. The summed E-state index contributed by atoms with van der Waals surface area (Å²) in [5, 5.41) is 15.2. The van der Waals surface area contributed by atoms with Gasteiger partial charge in [-0.25, -0.2) is 4.68 Å². The van der Waals surface area contributed by atoms with Gasteiger partial charge in [-0.05, 0) is 60.7 Å². The van der Waals surface area contributed by atoms with Gasteiger partial charge in [0, 0.05) is 10.1 Å². The molecule has 0 aliphatic carbocycles. The van der Waals surface area contributed by atoms with Crippen LogP contribution in [0.3, 0.4) is 0 Å². The molecule has 0 aliphatic rings. The van der Waals surface area contributed by atoms with Crippen molar-refractivity contribution < 1.29 is 9.66 Å². The number of nitro groups is 1. The molecule has 0 fully saturated rings. The van der Waals surface area contributed by atoms with E-state index in [0.29, 0.717) is 18.0 Å². The molecule has 0 unspecified atom stereocenters. The second-order valence-corrected chi connectivity index (χ2v) is 5.11. The minimum absolute atomic E-state index is 0.0830. The zero-order valence-corrected chi connectivity index (χ0v) is 12.6. The molecule has 0 atom stereocenters. The molecular formula is C12H12IN3O3. The SMILES string of the molecule is CCn1nc(C)c([N+](=O)[O-])c1Oc1ccc(I)cc1. The third kappa shape index (κ3) is 2.86. The summed E-state index contributed by atoms with van der Waals surface area (Å²) in [6.07, 6.45) is 0. The van der Waals surface area contributed by atoms with E-state index in [9.17, 15) is 10.1 Å². The predicted molar refractivity (Wildman–Crippen MR) is 78.5 cm³/mol. The van der Waals surface area contributed by atoms with E-state index in [0.717, 1.165) is 3.57 Å². The second kappa shape index (κ2) is 5.55. The molecule has 1 heterocycles. The summed E-state index contributed by atoms with van der Waals surface area (Å²) in [5.41, 5.74) is 0.271. The van der Waals surface area contributed by atoms with Crippen molar-refractivity contribution in [1.82, 2.24) is 9.78 Å².